The van der Waals surface area contributed by atoms with Crippen LogP contribution in [0.3, 0.4) is 0 Å². The molecule has 1 atom stereocenters. The van der Waals surface area contributed by atoms with E-state index in [1.54, 1.807) is 0 Å². The third kappa shape index (κ3) is 8.37. The number of ketones is 3. The van der Waals surface area contributed by atoms with Crippen LogP contribution in [0.1, 0.15) is 44.3 Å². The molecular formula is C23H15F9N2O6S3. The zero-order valence-corrected chi connectivity index (χ0v) is 23.7. The number of aromatic nitrogens is 1. The van der Waals surface area contributed by atoms with Crippen LogP contribution in [0.2, 0.25) is 0 Å². The normalized spacial score (nSPS) is 15.6. The Morgan fingerprint density at radius 1 is 0.930 bits per heavy atom. The van der Waals surface area contributed by atoms with E-state index in [0.29, 0.717) is 11.3 Å². The van der Waals surface area contributed by atoms with Crippen molar-refractivity contribution in [3.8, 4) is 5.75 Å². The summed E-state index contributed by atoms with van der Waals surface area (Å²) in [6, 6.07) is 1.98. The van der Waals surface area contributed by atoms with Crippen LogP contribution in [0.4, 0.5) is 44.5 Å². The molecule has 0 bridgehead atoms. The average Bonchev–Trinajstić information content (AvgIpc) is 3.40. The number of hydrogen-bond acceptors (Lipinski definition) is 10. The molecule has 0 aromatic carbocycles. The maximum absolute atomic E-state index is 12.5. The Labute approximate surface area is 243 Å². The molecule has 4 rings (SSSR count). The minimum Gasteiger partial charge on any atom is -0.374 e. The maximum atomic E-state index is 12.5. The van der Waals surface area contributed by atoms with Crippen molar-refractivity contribution in [2.75, 3.05) is 0 Å². The van der Waals surface area contributed by atoms with Crippen LogP contribution in [0, 0.1) is 5.92 Å². The number of aliphatic imine (C=N–C) groups is 1. The van der Waals surface area contributed by atoms with Crippen LogP contribution < -0.4 is 4.18 Å². The number of rotatable bonds is 6. The number of carbonyl (C=O) groups is 3. The van der Waals surface area contributed by atoms with E-state index in [2.05, 4.69) is 14.2 Å². The SMILES string of the molecule is CC(=O)C1C=Nc2sc(CC(F)(F)F)cc2C1=O.CC(=O)c1cnc2sc(CC(F)(F)F)cc2c1OS(=O)(=O)C(F)(F)F. The first-order valence-corrected chi connectivity index (χ1v) is 14.3. The first kappa shape index (κ1) is 34.1. The van der Waals surface area contributed by atoms with Crippen molar-refractivity contribution in [2.24, 2.45) is 10.9 Å². The summed E-state index contributed by atoms with van der Waals surface area (Å²) in [6.45, 7) is 2.17. The van der Waals surface area contributed by atoms with E-state index in [9.17, 15) is 62.3 Å². The van der Waals surface area contributed by atoms with Crippen LogP contribution in [0.5, 0.6) is 5.75 Å². The van der Waals surface area contributed by atoms with Crippen molar-refractivity contribution in [3.63, 3.8) is 0 Å². The van der Waals surface area contributed by atoms with Crippen molar-refractivity contribution in [3.05, 3.63) is 39.2 Å². The van der Waals surface area contributed by atoms with Gasteiger partial charge in [0.25, 0.3) is 0 Å². The number of nitrogens with zero attached hydrogens (tertiary/aromatic N) is 2. The van der Waals surface area contributed by atoms with E-state index in [1.807, 2.05) is 0 Å². The predicted octanol–water partition coefficient (Wildman–Crippen LogP) is 6.79. The highest BCUT2D eigenvalue weighted by Crippen LogP contribution is 2.40. The molecule has 1 aliphatic rings. The van der Waals surface area contributed by atoms with Gasteiger partial charge >= 0.3 is 28.0 Å². The van der Waals surface area contributed by atoms with Gasteiger partial charge in [-0.3, -0.25) is 14.4 Å². The second-order valence-electron chi connectivity index (χ2n) is 8.72. The smallest absolute Gasteiger partial charge is 0.374 e. The zero-order valence-electron chi connectivity index (χ0n) is 21.3. The molecule has 1 unspecified atom stereocenters. The molecule has 0 N–H and O–H groups in total. The largest absolute Gasteiger partial charge is 0.534 e. The Balaban J connectivity index is 0.000000248. The molecule has 1 aliphatic heterocycles. The van der Waals surface area contributed by atoms with Gasteiger partial charge in [-0.05, 0) is 26.0 Å². The summed E-state index contributed by atoms with van der Waals surface area (Å²) >= 11 is 1.32. The van der Waals surface area contributed by atoms with E-state index < -0.39 is 75.0 Å². The van der Waals surface area contributed by atoms with Crippen molar-refractivity contribution in [1.29, 1.82) is 0 Å². The quantitative estimate of drug-likeness (QED) is 0.0924. The van der Waals surface area contributed by atoms with Gasteiger partial charge in [-0.15, -0.1) is 22.7 Å². The monoisotopic (exact) mass is 682 g/mol. The average molecular weight is 683 g/mol. The van der Waals surface area contributed by atoms with Gasteiger partial charge in [0, 0.05) is 22.2 Å². The van der Waals surface area contributed by atoms with Gasteiger partial charge in [0.1, 0.15) is 21.5 Å². The third-order valence-corrected chi connectivity index (χ3v) is 8.30. The molecule has 3 aromatic heterocycles. The van der Waals surface area contributed by atoms with Crippen LogP contribution >= 0.6 is 22.7 Å². The number of alkyl halides is 9. The predicted molar refractivity (Wildman–Crippen MR) is 136 cm³/mol. The first-order valence-electron chi connectivity index (χ1n) is 11.3. The van der Waals surface area contributed by atoms with Crippen molar-refractivity contribution in [2.45, 2.75) is 44.6 Å². The number of pyridine rings is 1. The van der Waals surface area contributed by atoms with Crippen molar-refractivity contribution in [1.82, 2.24) is 4.98 Å². The molecular weight excluding hydrogens is 667 g/mol. The fourth-order valence-corrected chi connectivity index (χ4v) is 6.02. The number of halogens is 9. The molecule has 0 amide bonds. The lowest BCUT2D eigenvalue weighted by Gasteiger charge is -2.12. The number of Topliss-reactive ketones (excluding diaryl/α,β-unsaturated/α-hetero) is 3. The minimum atomic E-state index is -6.12. The molecule has 4 heterocycles. The lowest BCUT2D eigenvalue weighted by molar-refractivity contribution is -0.127. The highest BCUT2D eigenvalue weighted by atomic mass is 32.2. The Morgan fingerprint density at radius 2 is 1.49 bits per heavy atom. The third-order valence-electron chi connectivity index (χ3n) is 5.26. The van der Waals surface area contributed by atoms with Gasteiger partial charge in [-0.25, -0.2) is 9.98 Å². The Kier molecular flexibility index (Phi) is 9.48. The summed E-state index contributed by atoms with van der Waals surface area (Å²) in [5.74, 6) is -3.68. The number of fused-ring (bicyclic) bond motifs is 2. The minimum absolute atomic E-state index is 0.0298. The fourth-order valence-electron chi connectivity index (χ4n) is 3.45. The van der Waals surface area contributed by atoms with Gasteiger partial charge < -0.3 is 4.18 Å². The molecule has 43 heavy (non-hydrogen) atoms. The lowest BCUT2D eigenvalue weighted by Crippen LogP contribution is -2.28. The Morgan fingerprint density at radius 3 is 1.98 bits per heavy atom. The van der Waals surface area contributed by atoms with Gasteiger partial charge in [0.05, 0.1) is 29.4 Å². The highest BCUT2D eigenvalue weighted by Gasteiger charge is 2.49. The molecule has 8 nitrogen and oxygen atoms in total. The van der Waals surface area contributed by atoms with E-state index in [0.717, 1.165) is 30.5 Å². The second-order valence-corrected chi connectivity index (χ2v) is 12.5. The van der Waals surface area contributed by atoms with E-state index in [4.69, 9.17) is 0 Å². The van der Waals surface area contributed by atoms with Crippen LogP contribution in [0.15, 0.2) is 23.3 Å². The summed E-state index contributed by atoms with van der Waals surface area (Å²) in [5, 5.41) is -0.179. The van der Waals surface area contributed by atoms with Gasteiger partial charge in [0.2, 0.25) is 0 Å². The zero-order chi connectivity index (χ0) is 32.7. The van der Waals surface area contributed by atoms with Gasteiger partial charge in [-0.1, -0.05) is 0 Å². The number of carbonyl (C=O) groups excluding carboxylic acids is 3. The van der Waals surface area contributed by atoms with Crippen LogP contribution in [-0.2, 0) is 27.8 Å². The first-order chi connectivity index (χ1) is 19.5. The second kappa shape index (κ2) is 11.9. The van der Waals surface area contributed by atoms with Crippen molar-refractivity contribution < 1.29 is 66.5 Å². The summed E-state index contributed by atoms with van der Waals surface area (Å²) in [7, 11) is -6.12. The van der Waals surface area contributed by atoms with Gasteiger partial charge in [0.15, 0.2) is 17.3 Å². The molecule has 3 aromatic rings. The number of hydrogen-bond donors (Lipinski definition) is 0. The molecule has 0 radical (unpaired) electrons. The standard InChI is InChI=1S/C12H7F6NO4S2.C11H8F3NO2S/c1-5(20)8-4-19-10-7(2-6(24-10)3-11(13,14)15)9(8)23-25(21,22)12(16,17)18;1-5(16)8-4-15-10-7(9(8)17)2-6(18-10)3-11(12,13)14/h2,4H,3H2,1H3;2,4,8H,3H2,1H3. The molecule has 0 aliphatic carbocycles. The van der Waals surface area contributed by atoms with E-state index in [-0.39, 0.29) is 30.9 Å². The fraction of sp³-hybridized carbons (Fsp3) is 0.348. The summed E-state index contributed by atoms with van der Waals surface area (Å²) < 4.78 is 138. The topological polar surface area (TPSA) is 120 Å². The van der Waals surface area contributed by atoms with Gasteiger partial charge in [-0.2, -0.15) is 47.9 Å². The van der Waals surface area contributed by atoms with E-state index >= 15 is 0 Å². The maximum Gasteiger partial charge on any atom is 0.534 e. The molecule has 0 saturated carbocycles. The molecule has 234 valence electrons. The summed E-state index contributed by atoms with van der Waals surface area (Å²) in [6.07, 6.45) is -9.45. The molecule has 20 heteroatoms. The van der Waals surface area contributed by atoms with Crippen molar-refractivity contribution >= 4 is 71.6 Å². The molecule has 0 saturated heterocycles. The molecule has 0 fully saturated rings. The Bertz CT molecular complexity index is 1720. The number of thiophene rings is 2. The lowest BCUT2D eigenvalue weighted by atomic mass is 9.94. The Hall–Kier alpha value is -3.39. The van der Waals surface area contributed by atoms with Crippen LogP contribution in [0.25, 0.3) is 10.2 Å². The van der Waals surface area contributed by atoms with Crippen LogP contribution in [-0.4, -0.2) is 54.8 Å². The summed E-state index contributed by atoms with van der Waals surface area (Å²) in [5.41, 5.74) is -6.26. The van der Waals surface area contributed by atoms with E-state index in [1.165, 1.54) is 19.2 Å². The molecule has 0 spiro atoms. The summed E-state index contributed by atoms with van der Waals surface area (Å²) in [4.78, 5) is 41.6. The highest BCUT2D eigenvalue weighted by molar-refractivity contribution is 7.88.